The highest BCUT2D eigenvalue weighted by atomic mass is 35.5. The average Bonchev–Trinajstić information content (AvgIpc) is 1.62. The first-order valence-electron chi connectivity index (χ1n) is 3.20. The molecule has 0 N–H and O–H groups in total. The molecule has 9 heavy (non-hydrogen) atoms. The van der Waals surface area contributed by atoms with Gasteiger partial charge in [0.2, 0.25) is 0 Å². The molecule has 1 atom stereocenters. The molecule has 0 spiro atoms. The molecule has 2 heteroatoms. The Morgan fingerprint density at radius 2 is 1.67 bits per heavy atom. The first-order valence-corrected chi connectivity index (χ1v) is 3.58. The van der Waals surface area contributed by atoms with Gasteiger partial charge in [-0.3, -0.25) is 0 Å². The standard InChI is InChI=1S/C7H14ClO/c1-5(2)6(9)7(3,4)8/h5-6H,1-4H3. The Morgan fingerprint density at radius 3 is 1.67 bits per heavy atom. The minimum Gasteiger partial charge on any atom is -0.231 e. The van der Waals surface area contributed by atoms with E-state index in [0.717, 1.165) is 0 Å². The SMILES string of the molecule is CC(C)C([O])C(C)(C)Cl. The largest absolute Gasteiger partial charge is 0.231 e. The summed E-state index contributed by atoms with van der Waals surface area (Å²) in [5.41, 5.74) is 0. The molecule has 0 saturated heterocycles. The lowest BCUT2D eigenvalue weighted by atomic mass is 9.96. The van der Waals surface area contributed by atoms with Gasteiger partial charge in [0, 0.05) is 0 Å². The summed E-state index contributed by atoms with van der Waals surface area (Å²) in [6.45, 7) is 7.29. The van der Waals surface area contributed by atoms with E-state index >= 15 is 0 Å². The van der Waals surface area contributed by atoms with Crippen LogP contribution >= 0.6 is 11.6 Å². The summed E-state index contributed by atoms with van der Waals surface area (Å²) in [6.07, 6.45) is -0.667. The van der Waals surface area contributed by atoms with Crippen LogP contribution in [0.3, 0.4) is 0 Å². The zero-order chi connectivity index (χ0) is 7.65. The van der Waals surface area contributed by atoms with Gasteiger partial charge in [0.1, 0.15) is 6.10 Å². The summed E-state index contributed by atoms with van der Waals surface area (Å²) in [6, 6.07) is 0. The molecule has 0 aliphatic carbocycles. The first-order chi connectivity index (χ1) is 3.85. The van der Waals surface area contributed by atoms with Gasteiger partial charge in [-0.05, 0) is 19.8 Å². The molecule has 0 aliphatic rings. The topological polar surface area (TPSA) is 19.9 Å². The third-order valence-electron chi connectivity index (χ3n) is 1.28. The van der Waals surface area contributed by atoms with Gasteiger partial charge in [-0.2, -0.15) is 0 Å². The smallest absolute Gasteiger partial charge is 0.114 e. The molecular weight excluding hydrogens is 136 g/mol. The van der Waals surface area contributed by atoms with Crippen molar-refractivity contribution in [2.75, 3.05) is 0 Å². The minimum absolute atomic E-state index is 0.123. The average molecular weight is 150 g/mol. The van der Waals surface area contributed by atoms with Crippen molar-refractivity contribution in [2.24, 2.45) is 5.92 Å². The number of halogens is 1. The van der Waals surface area contributed by atoms with Crippen molar-refractivity contribution in [3.8, 4) is 0 Å². The first kappa shape index (κ1) is 9.25. The van der Waals surface area contributed by atoms with Gasteiger partial charge in [0.15, 0.2) is 0 Å². The quantitative estimate of drug-likeness (QED) is 0.538. The van der Waals surface area contributed by atoms with E-state index in [-0.39, 0.29) is 5.92 Å². The molecule has 0 bridgehead atoms. The number of alkyl halides is 1. The van der Waals surface area contributed by atoms with Gasteiger partial charge in [-0.15, -0.1) is 11.6 Å². The lowest BCUT2D eigenvalue weighted by Gasteiger charge is -2.24. The van der Waals surface area contributed by atoms with Crippen LogP contribution in [0.15, 0.2) is 0 Å². The highest BCUT2D eigenvalue weighted by Gasteiger charge is 2.28. The monoisotopic (exact) mass is 149 g/mol. The second-order valence-electron chi connectivity index (χ2n) is 3.23. The highest BCUT2D eigenvalue weighted by Crippen LogP contribution is 2.23. The van der Waals surface area contributed by atoms with E-state index < -0.39 is 11.0 Å². The molecule has 55 valence electrons. The van der Waals surface area contributed by atoms with Crippen molar-refractivity contribution < 1.29 is 5.11 Å². The Hall–Kier alpha value is 0.250. The van der Waals surface area contributed by atoms with Crippen LogP contribution in [0.5, 0.6) is 0 Å². The zero-order valence-electron chi connectivity index (χ0n) is 6.44. The van der Waals surface area contributed by atoms with Crippen molar-refractivity contribution in [3.05, 3.63) is 0 Å². The fourth-order valence-corrected chi connectivity index (χ4v) is 1.04. The van der Waals surface area contributed by atoms with Gasteiger partial charge in [-0.1, -0.05) is 13.8 Å². The molecule has 1 radical (unpaired) electrons. The number of hydrogen-bond donors (Lipinski definition) is 0. The van der Waals surface area contributed by atoms with Crippen molar-refractivity contribution in [1.82, 2.24) is 0 Å². The van der Waals surface area contributed by atoms with E-state index in [1.54, 1.807) is 13.8 Å². The van der Waals surface area contributed by atoms with Crippen molar-refractivity contribution in [2.45, 2.75) is 38.7 Å². The summed E-state index contributed by atoms with van der Waals surface area (Å²) in [7, 11) is 0. The predicted molar refractivity (Wildman–Crippen MR) is 39.2 cm³/mol. The van der Waals surface area contributed by atoms with E-state index in [0.29, 0.717) is 0 Å². The molecule has 0 aromatic rings. The summed E-state index contributed by atoms with van der Waals surface area (Å²) in [5, 5.41) is 11.1. The summed E-state index contributed by atoms with van der Waals surface area (Å²) < 4.78 is 0. The van der Waals surface area contributed by atoms with Gasteiger partial charge in [-0.25, -0.2) is 5.11 Å². The van der Waals surface area contributed by atoms with Crippen LogP contribution in [0.2, 0.25) is 0 Å². The molecule has 0 amide bonds. The Bertz CT molecular complexity index is 83.4. The summed E-state index contributed by atoms with van der Waals surface area (Å²) >= 11 is 5.77. The number of rotatable bonds is 2. The molecule has 0 rings (SSSR count). The maximum Gasteiger partial charge on any atom is 0.114 e. The van der Waals surface area contributed by atoms with Crippen LogP contribution in [0.25, 0.3) is 0 Å². The zero-order valence-corrected chi connectivity index (χ0v) is 7.20. The fourth-order valence-electron chi connectivity index (χ4n) is 0.793. The molecule has 0 saturated carbocycles. The van der Waals surface area contributed by atoms with Crippen LogP contribution < -0.4 is 0 Å². The number of hydrogen-bond acceptors (Lipinski definition) is 0. The van der Waals surface area contributed by atoms with Crippen LogP contribution in [0.1, 0.15) is 27.7 Å². The maximum atomic E-state index is 11.1. The van der Waals surface area contributed by atoms with Crippen molar-refractivity contribution in [3.63, 3.8) is 0 Å². The Morgan fingerprint density at radius 1 is 1.33 bits per heavy atom. The van der Waals surface area contributed by atoms with E-state index in [1.807, 2.05) is 13.8 Å². The highest BCUT2D eigenvalue weighted by molar-refractivity contribution is 6.23. The van der Waals surface area contributed by atoms with Crippen molar-refractivity contribution in [1.29, 1.82) is 0 Å². The molecule has 0 fully saturated rings. The molecule has 0 aromatic carbocycles. The molecule has 0 aliphatic heterocycles. The van der Waals surface area contributed by atoms with Crippen LogP contribution in [-0.4, -0.2) is 11.0 Å². The predicted octanol–water partition coefficient (Wildman–Crippen LogP) is 2.46. The van der Waals surface area contributed by atoms with Gasteiger partial charge >= 0.3 is 0 Å². The Labute approximate surface area is 62.0 Å². The lowest BCUT2D eigenvalue weighted by Crippen LogP contribution is -2.33. The molecular formula is C7H14ClO. The third kappa shape index (κ3) is 3.07. The fraction of sp³-hybridized carbons (Fsp3) is 1.00. The third-order valence-corrected chi connectivity index (χ3v) is 1.50. The van der Waals surface area contributed by atoms with Crippen LogP contribution in [0.4, 0.5) is 0 Å². The second-order valence-corrected chi connectivity index (χ2v) is 4.20. The van der Waals surface area contributed by atoms with Crippen molar-refractivity contribution >= 4 is 11.6 Å². The van der Waals surface area contributed by atoms with Crippen LogP contribution in [-0.2, 0) is 5.11 Å². The van der Waals surface area contributed by atoms with Gasteiger partial charge in [0.05, 0.1) is 4.87 Å². The Kier molecular flexibility index (Phi) is 2.97. The summed E-state index contributed by atoms with van der Waals surface area (Å²) in [4.78, 5) is -0.603. The van der Waals surface area contributed by atoms with E-state index in [4.69, 9.17) is 11.6 Å². The minimum atomic E-state index is -0.667. The van der Waals surface area contributed by atoms with E-state index in [1.165, 1.54) is 0 Å². The molecule has 1 unspecified atom stereocenters. The van der Waals surface area contributed by atoms with Crippen LogP contribution in [0, 0.1) is 5.92 Å². The lowest BCUT2D eigenvalue weighted by molar-refractivity contribution is 0.0235. The van der Waals surface area contributed by atoms with Gasteiger partial charge < -0.3 is 0 Å². The second kappa shape index (κ2) is 2.89. The maximum absolute atomic E-state index is 11.1. The molecule has 0 aromatic heterocycles. The van der Waals surface area contributed by atoms with Gasteiger partial charge in [0.25, 0.3) is 0 Å². The van der Waals surface area contributed by atoms with E-state index in [9.17, 15) is 5.11 Å². The summed E-state index contributed by atoms with van der Waals surface area (Å²) in [5.74, 6) is 0.123. The Balaban J connectivity index is 3.88. The molecule has 0 heterocycles. The van der Waals surface area contributed by atoms with E-state index in [2.05, 4.69) is 0 Å². The normalized spacial score (nSPS) is 16.3. The molecule has 1 nitrogen and oxygen atoms in total.